The Bertz CT molecular complexity index is 426. The van der Waals surface area contributed by atoms with Crippen molar-refractivity contribution in [3.8, 4) is 0 Å². The van der Waals surface area contributed by atoms with Crippen LogP contribution in [0.25, 0.3) is 0 Å². The maximum atomic E-state index is 12.5. The molecule has 0 heterocycles. The number of Topliss-reactive ketones (excluding diaryl/α,β-unsaturated/α-hetero) is 1. The molecule has 4 nitrogen and oxygen atoms in total. The number of rotatable bonds is 7. The van der Waals surface area contributed by atoms with Gasteiger partial charge in [0.15, 0.2) is 5.78 Å². The molecule has 0 aliphatic heterocycles. The quantitative estimate of drug-likeness (QED) is 0.767. The zero-order valence-corrected chi connectivity index (χ0v) is 11.7. The van der Waals surface area contributed by atoms with E-state index in [9.17, 15) is 14.7 Å². The Hall–Kier alpha value is -1.68. The van der Waals surface area contributed by atoms with Crippen molar-refractivity contribution < 1.29 is 14.7 Å². The molecule has 0 fully saturated rings. The van der Waals surface area contributed by atoms with Gasteiger partial charge >= 0.3 is 5.97 Å². The normalized spacial score (nSPS) is 14.1. The Morgan fingerprint density at radius 3 is 2.11 bits per heavy atom. The third-order valence-corrected chi connectivity index (χ3v) is 3.40. The van der Waals surface area contributed by atoms with E-state index in [-0.39, 0.29) is 5.78 Å². The highest BCUT2D eigenvalue weighted by atomic mass is 16.4. The first-order valence-electron chi connectivity index (χ1n) is 6.59. The Labute approximate surface area is 114 Å². The van der Waals surface area contributed by atoms with Gasteiger partial charge in [-0.15, -0.1) is 0 Å². The van der Waals surface area contributed by atoms with Gasteiger partial charge in [0.2, 0.25) is 0 Å². The van der Waals surface area contributed by atoms with Gasteiger partial charge in [-0.2, -0.15) is 0 Å². The zero-order chi connectivity index (χ0) is 14.4. The highest BCUT2D eigenvalue weighted by Crippen LogP contribution is 2.17. The van der Waals surface area contributed by atoms with E-state index >= 15 is 0 Å². The van der Waals surface area contributed by atoms with Crippen molar-refractivity contribution in [2.24, 2.45) is 5.92 Å². The Morgan fingerprint density at radius 2 is 1.68 bits per heavy atom. The third-order valence-electron chi connectivity index (χ3n) is 3.40. The summed E-state index contributed by atoms with van der Waals surface area (Å²) in [6, 6.07) is 8.26. The molecule has 0 saturated carbocycles. The van der Waals surface area contributed by atoms with Crippen LogP contribution in [0.15, 0.2) is 30.3 Å². The number of benzene rings is 1. The van der Waals surface area contributed by atoms with Crippen LogP contribution >= 0.6 is 0 Å². The van der Waals surface area contributed by atoms with Crippen LogP contribution in [-0.4, -0.2) is 40.9 Å². The van der Waals surface area contributed by atoms with Gasteiger partial charge in [-0.05, 0) is 20.0 Å². The highest BCUT2D eigenvalue weighted by Gasteiger charge is 2.34. The van der Waals surface area contributed by atoms with Gasteiger partial charge in [0.1, 0.15) is 0 Å². The van der Waals surface area contributed by atoms with Crippen molar-refractivity contribution in [1.82, 2.24) is 4.90 Å². The number of carbonyl (C=O) groups is 2. The van der Waals surface area contributed by atoms with E-state index < -0.39 is 17.9 Å². The van der Waals surface area contributed by atoms with E-state index in [0.29, 0.717) is 18.7 Å². The summed E-state index contributed by atoms with van der Waals surface area (Å²) in [7, 11) is 0. The van der Waals surface area contributed by atoms with Crippen molar-refractivity contribution in [3.05, 3.63) is 35.9 Å². The summed E-state index contributed by atoms with van der Waals surface area (Å²) in [5.74, 6) is -1.80. The van der Waals surface area contributed by atoms with Crippen molar-refractivity contribution in [1.29, 1.82) is 0 Å². The van der Waals surface area contributed by atoms with E-state index in [2.05, 4.69) is 0 Å². The smallest absolute Gasteiger partial charge is 0.308 e. The molecule has 19 heavy (non-hydrogen) atoms. The van der Waals surface area contributed by atoms with Crippen LogP contribution in [0, 0.1) is 5.92 Å². The molecule has 2 unspecified atom stereocenters. The van der Waals surface area contributed by atoms with Gasteiger partial charge < -0.3 is 5.11 Å². The molecule has 4 heteroatoms. The van der Waals surface area contributed by atoms with Gasteiger partial charge in [-0.3, -0.25) is 14.5 Å². The molecule has 104 valence electrons. The second-order valence-corrected chi connectivity index (χ2v) is 4.52. The topological polar surface area (TPSA) is 57.6 Å². The van der Waals surface area contributed by atoms with Gasteiger partial charge in [-0.25, -0.2) is 0 Å². The fraction of sp³-hybridized carbons (Fsp3) is 0.467. The number of likely N-dealkylation sites (N-methyl/N-ethyl adjacent to an activating group) is 1. The number of hydrogen-bond donors (Lipinski definition) is 1. The average molecular weight is 263 g/mol. The van der Waals surface area contributed by atoms with Gasteiger partial charge in [0, 0.05) is 5.56 Å². The fourth-order valence-electron chi connectivity index (χ4n) is 2.23. The largest absolute Gasteiger partial charge is 0.481 e. The summed E-state index contributed by atoms with van der Waals surface area (Å²) in [4.78, 5) is 25.7. The molecule has 0 aliphatic rings. The fourth-order valence-corrected chi connectivity index (χ4v) is 2.23. The van der Waals surface area contributed by atoms with E-state index in [1.807, 2.05) is 24.8 Å². The lowest BCUT2D eigenvalue weighted by Crippen LogP contribution is -2.47. The molecule has 0 amide bonds. The summed E-state index contributed by atoms with van der Waals surface area (Å²) in [6.45, 7) is 6.76. The second-order valence-electron chi connectivity index (χ2n) is 4.52. The molecule has 2 atom stereocenters. The number of carbonyl (C=O) groups excluding carboxylic acids is 1. The predicted octanol–water partition coefficient (Wildman–Crippen LogP) is 2.30. The van der Waals surface area contributed by atoms with Crippen molar-refractivity contribution in [2.45, 2.75) is 26.8 Å². The molecule has 0 bridgehead atoms. The first-order valence-corrected chi connectivity index (χ1v) is 6.59. The molecular weight excluding hydrogens is 242 g/mol. The molecule has 1 aromatic carbocycles. The van der Waals surface area contributed by atoms with Gasteiger partial charge in [-0.1, -0.05) is 44.2 Å². The summed E-state index contributed by atoms with van der Waals surface area (Å²) in [5.41, 5.74) is 0.563. The Kier molecular flexibility index (Phi) is 5.70. The molecule has 1 aromatic rings. The van der Waals surface area contributed by atoms with E-state index in [4.69, 9.17) is 0 Å². The minimum atomic E-state index is -0.943. The minimum Gasteiger partial charge on any atom is -0.481 e. The molecule has 0 aliphatic carbocycles. The number of nitrogens with zero attached hydrogens (tertiary/aromatic N) is 1. The number of ketones is 1. The molecule has 0 aromatic heterocycles. The lowest BCUT2D eigenvalue weighted by atomic mass is 9.92. The SMILES string of the molecule is CCN(CC)C(C(=O)c1ccccc1)C(C)C(=O)O. The summed E-state index contributed by atoms with van der Waals surface area (Å²) < 4.78 is 0. The molecular formula is C15H21NO3. The third kappa shape index (κ3) is 3.64. The maximum absolute atomic E-state index is 12.5. The lowest BCUT2D eigenvalue weighted by molar-refractivity contribution is -0.142. The summed E-state index contributed by atoms with van der Waals surface area (Å²) in [6.07, 6.45) is 0. The number of carboxylic acids is 1. The first-order chi connectivity index (χ1) is 9.02. The minimum absolute atomic E-state index is 0.126. The molecule has 1 rings (SSSR count). The van der Waals surface area contributed by atoms with Crippen LogP contribution in [0.5, 0.6) is 0 Å². The van der Waals surface area contributed by atoms with Crippen LogP contribution in [-0.2, 0) is 4.79 Å². The second kappa shape index (κ2) is 7.04. The monoisotopic (exact) mass is 263 g/mol. The molecule has 0 radical (unpaired) electrons. The summed E-state index contributed by atoms with van der Waals surface area (Å²) in [5, 5.41) is 9.21. The van der Waals surface area contributed by atoms with Crippen LogP contribution in [0.2, 0.25) is 0 Å². The van der Waals surface area contributed by atoms with Gasteiger partial charge in [0.25, 0.3) is 0 Å². The van der Waals surface area contributed by atoms with Crippen LogP contribution < -0.4 is 0 Å². The van der Waals surface area contributed by atoms with Crippen LogP contribution in [0.1, 0.15) is 31.1 Å². The Balaban J connectivity index is 3.09. The molecule has 0 saturated heterocycles. The zero-order valence-electron chi connectivity index (χ0n) is 11.7. The lowest BCUT2D eigenvalue weighted by Gasteiger charge is -2.31. The number of carboxylic acid groups (broad SMARTS) is 1. The van der Waals surface area contributed by atoms with Crippen LogP contribution in [0.3, 0.4) is 0 Å². The molecule has 0 spiro atoms. The van der Waals surface area contributed by atoms with Crippen molar-refractivity contribution in [2.75, 3.05) is 13.1 Å². The van der Waals surface area contributed by atoms with Crippen molar-refractivity contribution in [3.63, 3.8) is 0 Å². The van der Waals surface area contributed by atoms with E-state index in [0.717, 1.165) is 0 Å². The average Bonchev–Trinajstić information content (AvgIpc) is 2.44. The van der Waals surface area contributed by atoms with E-state index in [1.54, 1.807) is 31.2 Å². The van der Waals surface area contributed by atoms with Crippen molar-refractivity contribution >= 4 is 11.8 Å². The maximum Gasteiger partial charge on any atom is 0.308 e. The number of aliphatic carboxylic acids is 1. The van der Waals surface area contributed by atoms with Crippen LogP contribution in [0.4, 0.5) is 0 Å². The first kappa shape index (κ1) is 15.4. The number of hydrogen-bond acceptors (Lipinski definition) is 3. The standard InChI is InChI=1S/C15H21NO3/c1-4-16(5-2)13(11(3)15(18)19)14(17)12-9-7-6-8-10-12/h6-11,13H,4-5H2,1-3H3,(H,18,19). The predicted molar refractivity (Wildman–Crippen MR) is 74.3 cm³/mol. The summed E-state index contributed by atoms with van der Waals surface area (Å²) >= 11 is 0. The van der Waals surface area contributed by atoms with Gasteiger partial charge in [0.05, 0.1) is 12.0 Å². The Morgan fingerprint density at radius 1 is 1.16 bits per heavy atom. The van der Waals surface area contributed by atoms with E-state index in [1.165, 1.54) is 0 Å². The highest BCUT2D eigenvalue weighted by molar-refractivity contribution is 6.02. The molecule has 1 N–H and O–H groups in total.